The van der Waals surface area contributed by atoms with E-state index >= 15 is 0 Å². The maximum atomic E-state index is 13.0. The summed E-state index contributed by atoms with van der Waals surface area (Å²) in [5.74, 6) is 0.508. The zero-order valence-corrected chi connectivity index (χ0v) is 18.8. The number of amides is 1. The fourth-order valence-corrected chi connectivity index (χ4v) is 5.52. The molecule has 0 aliphatic carbocycles. The van der Waals surface area contributed by atoms with Crippen molar-refractivity contribution in [3.63, 3.8) is 0 Å². The van der Waals surface area contributed by atoms with Gasteiger partial charge in [0.25, 0.3) is 5.91 Å². The molecule has 0 spiro atoms. The number of carbonyl (C=O) groups excluding carboxylic acids is 1. The van der Waals surface area contributed by atoms with Crippen molar-refractivity contribution in [2.75, 3.05) is 11.9 Å². The Labute approximate surface area is 182 Å². The summed E-state index contributed by atoms with van der Waals surface area (Å²) >= 11 is 0. The molecule has 0 bridgehead atoms. The van der Waals surface area contributed by atoms with Crippen LogP contribution in [-0.2, 0) is 10.0 Å². The normalized spacial score (nSPS) is 17.9. The first-order valence-corrected chi connectivity index (χ1v) is 12.0. The molecule has 164 valence electrons. The van der Waals surface area contributed by atoms with Crippen LogP contribution in [0.1, 0.15) is 62.2 Å². The highest BCUT2D eigenvalue weighted by atomic mass is 32.2. The molecule has 1 N–H and O–H groups in total. The number of aromatic nitrogens is 1. The van der Waals surface area contributed by atoms with Gasteiger partial charge in [-0.1, -0.05) is 20.3 Å². The Balaban J connectivity index is 1.50. The van der Waals surface area contributed by atoms with Gasteiger partial charge >= 0.3 is 0 Å². The zero-order valence-electron chi connectivity index (χ0n) is 18.0. The van der Waals surface area contributed by atoms with Gasteiger partial charge in [0.05, 0.1) is 4.90 Å². The van der Waals surface area contributed by atoms with Gasteiger partial charge in [-0.15, -0.1) is 0 Å². The third-order valence-corrected chi connectivity index (χ3v) is 7.65. The first kappa shape index (κ1) is 21.5. The number of anilines is 1. The number of benzene rings is 2. The number of oxazole rings is 1. The standard InChI is InChI=1S/C23H27N3O4S/c1-15(2)23-25-20-14-18(9-12-21(20)30-23)24-22(27)17-7-10-19(11-8-17)31(28,29)26-13-5-4-6-16(26)3/h7-12,14-16H,4-6,13H2,1-3H3,(H,24,27). The van der Waals surface area contributed by atoms with Crippen LogP contribution in [0.25, 0.3) is 11.1 Å². The third-order valence-electron chi connectivity index (χ3n) is 5.62. The van der Waals surface area contributed by atoms with Crippen molar-refractivity contribution in [1.29, 1.82) is 0 Å². The second-order valence-electron chi connectivity index (χ2n) is 8.33. The van der Waals surface area contributed by atoms with Gasteiger partial charge in [0.15, 0.2) is 11.5 Å². The first-order valence-electron chi connectivity index (χ1n) is 10.6. The lowest BCUT2D eigenvalue weighted by Crippen LogP contribution is -2.41. The quantitative estimate of drug-likeness (QED) is 0.616. The number of nitrogens with zero attached hydrogens (tertiary/aromatic N) is 2. The van der Waals surface area contributed by atoms with Crippen molar-refractivity contribution in [3.05, 3.63) is 53.9 Å². The molecule has 1 fully saturated rings. The van der Waals surface area contributed by atoms with Crippen molar-refractivity contribution >= 4 is 32.7 Å². The van der Waals surface area contributed by atoms with Crippen molar-refractivity contribution in [1.82, 2.24) is 9.29 Å². The molecule has 2 aromatic carbocycles. The van der Waals surface area contributed by atoms with Gasteiger partial charge in [-0.25, -0.2) is 13.4 Å². The first-order chi connectivity index (χ1) is 14.8. The summed E-state index contributed by atoms with van der Waals surface area (Å²) in [5.41, 5.74) is 2.33. The molecule has 1 saturated heterocycles. The van der Waals surface area contributed by atoms with Crippen LogP contribution in [0.3, 0.4) is 0 Å². The van der Waals surface area contributed by atoms with Crippen LogP contribution in [-0.4, -0.2) is 36.2 Å². The number of nitrogens with one attached hydrogen (secondary N) is 1. The van der Waals surface area contributed by atoms with Gasteiger partial charge < -0.3 is 9.73 Å². The number of hydrogen-bond donors (Lipinski definition) is 1. The fraction of sp³-hybridized carbons (Fsp3) is 0.391. The molecule has 1 aromatic heterocycles. The van der Waals surface area contributed by atoms with E-state index in [4.69, 9.17) is 4.42 Å². The number of rotatable bonds is 5. The molecule has 1 amide bonds. The van der Waals surface area contributed by atoms with E-state index in [1.54, 1.807) is 34.6 Å². The largest absolute Gasteiger partial charge is 0.440 e. The summed E-state index contributed by atoms with van der Waals surface area (Å²) in [7, 11) is -3.56. The van der Waals surface area contributed by atoms with Gasteiger partial charge in [-0.2, -0.15) is 4.31 Å². The van der Waals surface area contributed by atoms with Gasteiger partial charge in [-0.3, -0.25) is 4.79 Å². The molecule has 0 radical (unpaired) electrons. The minimum Gasteiger partial charge on any atom is -0.440 e. The summed E-state index contributed by atoms with van der Waals surface area (Å²) in [6.45, 7) is 6.48. The third kappa shape index (κ3) is 4.36. The second-order valence-corrected chi connectivity index (χ2v) is 10.2. The Bertz CT molecular complexity index is 1200. The molecule has 7 nitrogen and oxygen atoms in total. The number of piperidine rings is 1. The molecule has 3 aromatic rings. The Hall–Kier alpha value is -2.71. The average molecular weight is 442 g/mol. The smallest absolute Gasteiger partial charge is 0.255 e. The summed E-state index contributed by atoms with van der Waals surface area (Å²) in [6.07, 6.45) is 2.79. The zero-order chi connectivity index (χ0) is 22.2. The molecule has 1 aliphatic rings. The molecule has 4 rings (SSSR count). The minimum absolute atomic E-state index is 0.00983. The molecule has 2 heterocycles. The predicted octanol–water partition coefficient (Wildman–Crippen LogP) is 4.77. The van der Waals surface area contributed by atoms with Gasteiger partial charge in [0, 0.05) is 29.8 Å². The highest BCUT2D eigenvalue weighted by Crippen LogP contribution is 2.26. The molecule has 1 aliphatic heterocycles. The van der Waals surface area contributed by atoms with E-state index in [9.17, 15) is 13.2 Å². The lowest BCUT2D eigenvalue weighted by Gasteiger charge is -2.32. The monoisotopic (exact) mass is 441 g/mol. The van der Waals surface area contributed by atoms with Crippen LogP contribution < -0.4 is 5.32 Å². The molecular weight excluding hydrogens is 414 g/mol. The van der Waals surface area contributed by atoms with Gasteiger partial charge in [0.2, 0.25) is 10.0 Å². The fourth-order valence-electron chi connectivity index (χ4n) is 3.82. The van der Waals surface area contributed by atoms with E-state index < -0.39 is 10.0 Å². The van der Waals surface area contributed by atoms with E-state index in [-0.39, 0.29) is 22.8 Å². The number of sulfonamides is 1. The highest BCUT2D eigenvalue weighted by molar-refractivity contribution is 7.89. The highest BCUT2D eigenvalue weighted by Gasteiger charge is 2.30. The summed E-state index contributed by atoms with van der Waals surface area (Å²) in [5, 5.41) is 2.84. The van der Waals surface area contributed by atoms with Crippen molar-refractivity contribution < 1.29 is 17.6 Å². The van der Waals surface area contributed by atoms with Crippen LogP contribution >= 0.6 is 0 Å². The summed E-state index contributed by atoms with van der Waals surface area (Å²) < 4.78 is 33.2. The average Bonchev–Trinajstić information content (AvgIpc) is 3.18. The Morgan fingerprint density at radius 3 is 2.58 bits per heavy atom. The van der Waals surface area contributed by atoms with E-state index in [1.165, 1.54) is 12.1 Å². The predicted molar refractivity (Wildman–Crippen MR) is 120 cm³/mol. The summed E-state index contributed by atoms with van der Waals surface area (Å²) in [6, 6.07) is 11.4. The molecular formula is C23H27N3O4S. The molecule has 0 saturated carbocycles. The van der Waals surface area contributed by atoms with Crippen LogP contribution in [0.5, 0.6) is 0 Å². The SMILES string of the molecule is CC(C)c1nc2cc(NC(=O)c3ccc(S(=O)(=O)N4CCCCC4C)cc3)ccc2o1. The van der Waals surface area contributed by atoms with E-state index in [1.807, 2.05) is 20.8 Å². The van der Waals surface area contributed by atoms with Crippen LogP contribution in [0, 0.1) is 0 Å². The van der Waals surface area contributed by atoms with Crippen LogP contribution in [0.2, 0.25) is 0 Å². The Morgan fingerprint density at radius 1 is 1.16 bits per heavy atom. The van der Waals surface area contributed by atoms with Crippen LogP contribution in [0.4, 0.5) is 5.69 Å². The maximum absolute atomic E-state index is 13.0. The van der Waals surface area contributed by atoms with Crippen LogP contribution in [0.15, 0.2) is 51.8 Å². The number of fused-ring (bicyclic) bond motifs is 1. The Kier molecular flexibility index (Phi) is 5.85. The molecule has 8 heteroatoms. The van der Waals surface area contributed by atoms with Crippen molar-refractivity contribution in [2.45, 2.75) is 56.9 Å². The Morgan fingerprint density at radius 2 is 1.90 bits per heavy atom. The summed E-state index contributed by atoms with van der Waals surface area (Å²) in [4.78, 5) is 17.3. The lowest BCUT2D eigenvalue weighted by molar-refractivity contribution is 0.102. The van der Waals surface area contributed by atoms with Gasteiger partial charge in [-0.05, 0) is 62.2 Å². The van der Waals surface area contributed by atoms with Gasteiger partial charge in [0.1, 0.15) is 5.52 Å². The number of hydrogen-bond acceptors (Lipinski definition) is 5. The molecule has 1 unspecified atom stereocenters. The minimum atomic E-state index is -3.56. The maximum Gasteiger partial charge on any atom is 0.255 e. The van der Waals surface area contributed by atoms with E-state index in [2.05, 4.69) is 10.3 Å². The van der Waals surface area contributed by atoms with E-state index in [0.717, 1.165) is 19.3 Å². The molecule has 1 atom stereocenters. The van der Waals surface area contributed by atoms with Crippen molar-refractivity contribution in [2.24, 2.45) is 0 Å². The second kappa shape index (κ2) is 8.43. The van der Waals surface area contributed by atoms with E-state index in [0.29, 0.717) is 34.8 Å². The topological polar surface area (TPSA) is 92.5 Å². The van der Waals surface area contributed by atoms with Crippen molar-refractivity contribution in [3.8, 4) is 0 Å². The molecule has 31 heavy (non-hydrogen) atoms. The lowest BCUT2D eigenvalue weighted by atomic mass is 10.1. The number of carbonyl (C=O) groups is 1.